The molecular weight excluding hydrogens is 416 g/mol. The van der Waals surface area contributed by atoms with Crippen molar-refractivity contribution in [3.05, 3.63) is 64.1 Å². The van der Waals surface area contributed by atoms with Crippen LogP contribution in [0.4, 0.5) is 5.69 Å². The fraction of sp³-hybridized carbons (Fsp3) is 0.318. The number of hydrogen-bond acceptors (Lipinski definition) is 4. The number of hydrazine groups is 1. The minimum atomic E-state index is 0.0811. The van der Waals surface area contributed by atoms with Crippen LogP contribution in [0.5, 0.6) is 0 Å². The Hall–Kier alpha value is -2.33. The van der Waals surface area contributed by atoms with Crippen molar-refractivity contribution in [3.63, 3.8) is 0 Å². The van der Waals surface area contributed by atoms with Crippen molar-refractivity contribution in [1.82, 2.24) is 15.3 Å². The first kappa shape index (κ1) is 20.4. The fourth-order valence-corrected chi connectivity index (χ4v) is 4.09. The number of nitrogens with zero attached hydrogens (tertiary/aromatic N) is 2. The number of amides is 1. The monoisotopic (exact) mass is 440 g/mol. The lowest BCUT2D eigenvalue weighted by atomic mass is 10.0. The maximum atomic E-state index is 12.9. The van der Waals surface area contributed by atoms with Crippen LogP contribution in [-0.2, 0) is 11.3 Å². The summed E-state index contributed by atoms with van der Waals surface area (Å²) in [5.74, 6) is 2.72. The molecule has 2 aromatic carbocycles. The molecule has 3 N–H and O–H groups in total. The molecule has 1 unspecified atom stereocenters. The van der Waals surface area contributed by atoms with Gasteiger partial charge in [0.25, 0.3) is 0 Å². The number of nitrogen functional groups attached to an aromatic ring is 1. The first-order valence-electron chi connectivity index (χ1n) is 9.38. The van der Waals surface area contributed by atoms with E-state index in [1.807, 2.05) is 52.4 Å². The number of nitrogens with two attached hydrogens (primary N) is 1. The number of hydrogen-bond donors (Lipinski definition) is 2. The zero-order valence-corrected chi connectivity index (χ0v) is 17.4. The molecule has 1 aliphatic rings. The van der Waals surface area contributed by atoms with Crippen LogP contribution in [-0.4, -0.2) is 35.5 Å². The molecule has 1 aliphatic heterocycles. The van der Waals surface area contributed by atoms with E-state index in [1.165, 1.54) is 0 Å². The molecule has 1 heterocycles. The van der Waals surface area contributed by atoms with Crippen molar-refractivity contribution in [2.45, 2.75) is 25.4 Å². The molecule has 1 fully saturated rings. The number of anilines is 1. The molecule has 1 saturated heterocycles. The highest BCUT2D eigenvalue weighted by molar-refractivity contribution is 9.10. The third-order valence-corrected chi connectivity index (χ3v) is 5.65. The summed E-state index contributed by atoms with van der Waals surface area (Å²) in [6.07, 6.45) is 7.49. The predicted molar refractivity (Wildman–Crippen MR) is 116 cm³/mol. The SMILES string of the molecule is C#CCN(Cc1ccc(N)cc1)NCC(=O)N1CCCC1c1ccccc1Br. The number of benzene rings is 2. The van der Waals surface area contributed by atoms with Gasteiger partial charge in [0.15, 0.2) is 0 Å². The van der Waals surface area contributed by atoms with Crippen molar-refractivity contribution < 1.29 is 4.79 Å². The number of likely N-dealkylation sites (tertiary alicyclic amines) is 1. The van der Waals surface area contributed by atoms with Gasteiger partial charge in [-0.3, -0.25) is 4.79 Å². The largest absolute Gasteiger partial charge is 0.399 e. The predicted octanol–water partition coefficient (Wildman–Crippen LogP) is 3.33. The van der Waals surface area contributed by atoms with Crippen molar-refractivity contribution in [3.8, 4) is 12.3 Å². The van der Waals surface area contributed by atoms with Gasteiger partial charge in [-0.25, -0.2) is 10.4 Å². The fourth-order valence-electron chi connectivity index (χ4n) is 3.54. The molecule has 2 aromatic rings. The molecule has 146 valence electrons. The van der Waals surface area contributed by atoms with Crippen LogP contribution in [0, 0.1) is 12.3 Å². The molecule has 0 saturated carbocycles. The van der Waals surface area contributed by atoms with Crippen LogP contribution in [0.1, 0.15) is 30.0 Å². The van der Waals surface area contributed by atoms with E-state index in [0.717, 1.165) is 40.7 Å². The maximum absolute atomic E-state index is 12.9. The Kier molecular flexibility index (Phi) is 7.10. The van der Waals surface area contributed by atoms with Gasteiger partial charge in [0, 0.05) is 23.2 Å². The third kappa shape index (κ3) is 5.14. The summed E-state index contributed by atoms with van der Waals surface area (Å²) in [7, 11) is 0. The highest BCUT2D eigenvalue weighted by atomic mass is 79.9. The molecule has 0 aliphatic carbocycles. The quantitative estimate of drug-likeness (QED) is 0.393. The molecule has 0 bridgehead atoms. The van der Waals surface area contributed by atoms with Crippen molar-refractivity contribution in [2.24, 2.45) is 0 Å². The van der Waals surface area contributed by atoms with Gasteiger partial charge in [0.05, 0.1) is 19.1 Å². The van der Waals surface area contributed by atoms with E-state index in [9.17, 15) is 4.79 Å². The highest BCUT2D eigenvalue weighted by Crippen LogP contribution is 2.35. The van der Waals surface area contributed by atoms with Crippen LogP contribution in [0.15, 0.2) is 53.0 Å². The molecule has 5 nitrogen and oxygen atoms in total. The van der Waals surface area contributed by atoms with Gasteiger partial charge in [-0.05, 0) is 42.2 Å². The first-order valence-corrected chi connectivity index (χ1v) is 10.2. The summed E-state index contributed by atoms with van der Waals surface area (Å²) >= 11 is 3.61. The zero-order valence-electron chi connectivity index (χ0n) is 15.8. The molecule has 1 amide bonds. The van der Waals surface area contributed by atoms with Crippen LogP contribution in [0.3, 0.4) is 0 Å². The van der Waals surface area contributed by atoms with Gasteiger partial charge >= 0.3 is 0 Å². The number of carbonyl (C=O) groups is 1. The van der Waals surface area contributed by atoms with E-state index in [0.29, 0.717) is 13.1 Å². The normalized spacial score (nSPS) is 16.3. The smallest absolute Gasteiger partial charge is 0.238 e. The summed E-state index contributed by atoms with van der Waals surface area (Å²) < 4.78 is 1.05. The molecule has 1 atom stereocenters. The minimum absolute atomic E-state index is 0.0811. The van der Waals surface area contributed by atoms with E-state index < -0.39 is 0 Å². The molecule has 3 rings (SSSR count). The van der Waals surface area contributed by atoms with Crippen LogP contribution >= 0.6 is 15.9 Å². The summed E-state index contributed by atoms with van der Waals surface area (Å²) in [6.45, 7) is 2.01. The van der Waals surface area contributed by atoms with E-state index >= 15 is 0 Å². The Morgan fingerprint density at radius 3 is 2.75 bits per heavy atom. The second-order valence-electron chi connectivity index (χ2n) is 6.90. The second-order valence-corrected chi connectivity index (χ2v) is 7.76. The van der Waals surface area contributed by atoms with E-state index in [2.05, 4.69) is 33.3 Å². The summed E-state index contributed by atoms with van der Waals surface area (Å²) in [4.78, 5) is 14.9. The van der Waals surface area contributed by atoms with Gasteiger partial charge in [0.2, 0.25) is 5.91 Å². The summed E-state index contributed by atoms with van der Waals surface area (Å²) in [5, 5.41) is 1.88. The Morgan fingerprint density at radius 1 is 1.29 bits per heavy atom. The van der Waals surface area contributed by atoms with Gasteiger partial charge in [0.1, 0.15) is 0 Å². The lowest BCUT2D eigenvalue weighted by Gasteiger charge is -2.28. The van der Waals surface area contributed by atoms with Gasteiger partial charge in [-0.1, -0.05) is 52.2 Å². The van der Waals surface area contributed by atoms with Crippen molar-refractivity contribution >= 4 is 27.5 Å². The number of halogens is 1. The van der Waals surface area contributed by atoms with E-state index in [4.69, 9.17) is 12.2 Å². The van der Waals surface area contributed by atoms with Crippen molar-refractivity contribution in [1.29, 1.82) is 0 Å². The number of terminal acetylenes is 1. The number of rotatable bonds is 7. The lowest BCUT2D eigenvalue weighted by Crippen LogP contribution is -2.45. The zero-order chi connectivity index (χ0) is 19.9. The van der Waals surface area contributed by atoms with Crippen LogP contribution < -0.4 is 11.2 Å². The Morgan fingerprint density at radius 2 is 2.04 bits per heavy atom. The number of nitrogens with one attached hydrogen (secondary N) is 1. The molecule has 0 spiro atoms. The van der Waals surface area contributed by atoms with Gasteiger partial charge in [-0.2, -0.15) is 0 Å². The minimum Gasteiger partial charge on any atom is -0.399 e. The lowest BCUT2D eigenvalue weighted by molar-refractivity contribution is -0.132. The first-order chi connectivity index (χ1) is 13.6. The molecule has 0 radical (unpaired) electrons. The van der Waals surface area contributed by atoms with Crippen molar-refractivity contribution in [2.75, 3.05) is 25.4 Å². The van der Waals surface area contributed by atoms with Crippen LogP contribution in [0.25, 0.3) is 0 Å². The maximum Gasteiger partial charge on any atom is 0.238 e. The second kappa shape index (κ2) is 9.74. The Balaban J connectivity index is 1.61. The summed E-state index contributed by atoms with van der Waals surface area (Å²) in [5.41, 5.74) is 11.9. The molecule has 0 aromatic heterocycles. The van der Waals surface area contributed by atoms with E-state index in [-0.39, 0.29) is 18.5 Å². The van der Waals surface area contributed by atoms with Gasteiger partial charge in [-0.15, -0.1) is 6.42 Å². The Labute approximate surface area is 175 Å². The molecular formula is C22H25BrN4O. The van der Waals surface area contributed by atoms with Gasteiger partial charge < -0.3 is 10.6 Å². The Bertz CT molecular complexity index is 846. The van der Waals surface area contributed by atoms with E-state index in [1.54, 1.807) is 0 Å². The summed E-state index contributed by atoms with van der Waals surface area (Å²) in [6, 6.07) is 15.9. The topological polar surface area (TPSA) is 61.6 Å². The average Bonchev–Trinajstić information content (AvgIpc) is 3.18. The molecule has 6 heteroatoms. The standard InChI is InChI=1S/C22H25BrN4O/c1-2-13-26(16-17-9-11-18(24)12-10-17)25-15-22(28)27-14-5-8-21(27)19-6-3-4-7-20(19)23/h1,3-4,6-7,9-12,21,25H,5,8,13-16,24H2. The average molecular weight is 441 g/mol. The van der Waals surface area contributed by atoms with Crippen LogP contribution in [0.2, 0.25) is 0 Å². The third-order valence-electron chi connectivity index (χ3n) is 4.93. The molecule has 28 heavy (non-hydrogen) atoms. The number of carbonyl (C=O) groups excluding carboxylic acids is 1. The highest BCUT2D eigenvalue weighted by Gasteiger charge is 2.30.